The van der Waals surface area contributed by atoms with Crippen LogP contribution in [0.2, 0.25) is 0 Å². The van der Waals surface area contributed by atoms with Crippen LogP contribution < -0.4 is 5.32 Å². The molecule has 0 heterocycles. The average molecular weight is 228 g/mol. The van der Waals surface area contributed by atoms with Crippen molar-refractivity contribution < 1.29 is 14.7 Å². The van der Waals surface area contributed by atoms with E-state index in [0.29, 0.717) is 18.4 Å². The summed E-state index contributed by atoms with van der Waals surface area (Å²) in [6.45, 7) is 6.91. The zero-order valence-corrected chi connectivity index (χ0v) is 10.3. The lowest BCUT2D eigenvalue weighted by atomic mass is 10.0. The molecule has 0 spiro atoms. The molecule has 0 radical (unpaired) electrons. The highest BCUT2D eigenvalue weighted by molar-refractivity contribution is 5.96. The van der Waals surface area contributed by atoms with Crippen molar-refractivity contribution in [2.24, 2.45) is 0 Å². The third-order valence-corrected chi connectivity index (χ3v) is 2.44. The Labute approximate surface area is 96.1 Å². The molecule has 1 atom stereocenters. The molecule has 1 unspecified atom stereocenters. The third kappa shape index (κ3) is 3.06. The normalized spacial score (nSPS) is 14.3. The Morgan fingerprint density at radius 1 is 1.44 bits per heavy atom. The van der Waals surface area contributed by atoms with E-state index in [1.807, 2.05) is 6.92 Å². The monoisotopic (exact) mass is 228 g/mol. The molecule has 0 aromatic carbocycles. The lowest BCUT2D eigenvalue weighted by Crippen LogP contribution is -2.63. The molecule has 0 aliphatic heterocycles. The fourth-order valence-corrected chi connectivity index (χ4v) is 1.41. The molecule has 5 nitrogen and oxygen atoms in total. The Morgan fingerprint density at radius 2 is 1.94 bits per heavy atom. The van der Waals surface area contributed by atoms with Crippen molar-refractivity contribution in [1.82, 2.24) is 10.2 Å². The van der Waals surface area contributed by atoms with E-state index in [4.69, 9.17) is 0 Å². The van der Waals surface area contributed by atoms with Crippen LogP contribution in [0, 0.1) is 0 Å². The number of hydrogen-bond donors (Lipinski definition) is 2. The number of likely N-dealkylation sites (N-methyl/N-ethyl adjacent to an activating group) is 1. The first-order chi connectivity index (χ1) is 7.27. The lowest BCUT2D eigenvalue weighted by Gasteiger charge is -2.36. The van der Waals surface area contributed by atoms with Crippen LogP contribution in [0.25, 0.3) is 0 Å². The van der Waals surface area contributed by atoms with E-state index < -0.39 is 17.5 Å². The van der Waals surface area contributed by atoms with Gasteiger partial charge in [-0.15, -0.1) is 0 Å². The van der Waals surface area contributed by atoms with E-state index in [1.54, 1.807) is 21.0 Å². The molecular weight excluding hydrogens is 208 g/mol. The van der Waals surface area contributed by atoms with Crippen molar-refractivity contribution >= 4 is 11.9 Å². The van der Waals surface area contributed by atoms with Gasteiger partial charge in [0.1, 0.15) is 0 Å². The molecular formula is C11H20N2O3. The van der Waals surface area contributed by atoms with Gasteiger partial charge in [0, 0.05) is 5.57 Å². The largest absolute Gasteiger partial charge is 0.478 e. The fourth-order valence-electron chi connectivity index (χ4n) is 1.41. The van der Waals surface area contributed by atoms with Gasteiger partial charge in [-0.05, 0) is 27.4 Å². The highest BCUT2D eigenvalue weighted by Gasteiger charge is 2.41. The summed E-state index contributed by atoms with van der Waals surface area (Å²) in [4.78, 5) is 24.4. The van der Waals surface area contributed by atoms with Crippen LogP contribution in [-0.2, 0) is 9.59 Å². The van der Waals surface area contributed by atoms with Gasteiger partial charge < -0.3 is 10.4 Å². The van der Waals surface area contributed by atoms with Crippen LogP contribution in [0.4, 0.5) is 0 Å². The Balaban J connectivity index is 5.11. The molecule has 0 saturated heterocycles. The summed E-state index contributed by atoms with van der Waals surface area (Å²) in [5.41, 5.74) is -1.06. The van der Waals surface area contributed by atoms with Gasteiger partial charge in [0.05, 0.1) is 0 Å². The van der Waals surface area contributed by atoms with Gasteiger partial charge in [-0.2, -0.15) is 0 Å². The minimum Gasteiger partial charge on any atom is -0.478 e. The molecule has 1 amide bonds. The molecule has 5 heteroatoms. The minimum absolute atomic E-state index is 0.295. The van der Waals surface area contributed by atoms with Crippen molar-refractivity contribution in [3.63, 3.8) is 0 Å². The topological polar surface area (TPSA) is 69.6 Å². The molecule has 0 aliphatic rings. The van der Waals surface area contributed by atoms with E-state index >= 15 is 0 Å². The number of rotatable bonds is 6. The summed E-state index contributed by atoms with van der Waals surface area (Å²) in [5.74, 6) is -1.50. The van der Waals surface area contributed by atoms with Gasteiger partial charge in [-0.25, -0.2) is 4.79 Å². The van der Waals surface area contributed by atoms with Gasteiger partial charge in [-0.3, -0.25) is 9.69 Å². The number of carboxylic acid groups (broad SMARTS) is 1. The van der Waals surface area contributed by atoms with E-state index in [2.05, 4.69) is 11.9 Å². The molecule has 0 aromatic rings. The predicted octanol–water partition coefficient (Wildman–Crippen LogP) is 0.821. The van der Waals surface area contributed by atoms with Crippen LogP contribution in [0.3, 0.4) is 0 Å². The van der Waals surface area contributed by atoms with Gasteiger partial charge in [0.2, 0.25) is 5.91 Å². The number of nitrogens with one attached hydrogen (secondary N) is 1. The number of amides is 1. The predicted molar refractivity (Wildman–Crippen MR) is 61.9 cm³/mol. The molecule has 0 rings (SSSR count). The average Bonchev–Trinajstić information content (AvgIpc) is 2.15. The summed E-state index contributed by atoms with van der Waals surface area (Å²) in [5, 5.41) is 11.8. The third-order valence-electron chi connectivity index (χ3n) is 2.44. The molecule has 0 bridgehead atoms. The second-order valence-electron chi connectivity index (χ2n) is 4.04. The first-order valence-corrected chi connectivity index (χ1v) is 5.16. The van der Waals surface area contributed by atoms with Crippen LogP contribution in [0.15, 0.2) is 12.2 Å². The second kappa shape index (κ2) is 5.65. The highest BCUT2D eigenvalue weighted by Crippen LogP contribution is 2.17. The molecule has 2 N–H and O–H groups in total. The van der Waals surface area contributed by atoms with E-state index in [-0.39, 0.29) is 0 Å². The maximum atomic E-state index is 11.5. The Bertz CT molecular complexity index is 300. The highest BCUT2D eigenvalue weighted by atomic mass is 16.4. The Hall–Kier alpha value is -1.36. The molecule has 0 saturated carbocycles. The van der Waals surface area contributed by atoms with Crippen LogP contribution in [0.1, 0.15) is 26.7 Å². The van der Waals surface area contributed by atoms with Gasteiger partial charge in [0.15, 0.2) is 5.66 Å². The maximum absolute atomic E-state index is 11.5. The molecule has 0 fully saturated rings. The van der Waals surface area contributed by atoms with Crippen LogP contribution >= 0.6 is 0 Å². The van der Waals surface area contributed by atoms with Gasteiger partial charge in [-0.1, -0.05) is 19.9 Å². The Kier molecular flexibility index (Phi) is 5.17. The van der Waals surface area contributed by atoms with Gasteiger partial charge in [0.25, 0.3) is 0 Å². The summed E-state index contributed by atoms with van der Waals surface area (Å²) >= 11 is 0. The number of carbonyl (C=O) groups excluding carboxylic acids is 1. The summed E-state index contributed by atoms with van der Waals surface area (Å²) in [6, 6.07) is 0. The summed E-state index contributed by atoms with van der Waals surface area (Å²) in [6.07, 6.45) is 0.995. The zero-order chi connectivity index (χ0) is 12.9. The standard InChI is InChI=1S/C11H20N2O3/c1-6-7-11(10(15)16,13(4)5)12-9(14)8(2)3/h2,6-7H2,1,3-5H3,(H,12,14)(H,15,16). The number of hydrogen-bond acceptors (Lipinski definition) is 3. The van der Waals surface area contributed by atoms with Crippen molar-refractivity contribution in [3.8, 4) is 0 Å². The molecule has 92 valence electrons. The Morgan fingerprint density at radius 3 is 2.19 bits per heavy atom. The zero-order valence-electron chi connectivity index (χ0n) is 10.3. The number of carbonyl (C=O) groups is 2. The SMILES string of the molecule is C=C(C)C(=O)NC(CCC)(C(=O)O)N(C)C. The number of carboxylic acids is 1. The summed E-state index contributed by atoms with van der Waals surface area (Å²) < 4.78 is 0. The van der Waals surface area contributed by atoms with E-state index in [9.17, 15) is 14.7 Å². The molecule has 0 aromatic heterocycles. The van der Waals surface area contributed by atoms with Crippen LogP contribution in [-0.4, -0.2) is 41.6 Å². The first kappa shape index (κ1) is 14.6. The smallest absolute Gasteiger partial charge is 0.344 e. The van der Waals surface area contributed by atoms with Crippen molar-refractivity contribution in [2.75, 3.05) is 14.1 Å². The maximum Gasteiger partial charge on any atom is 0.344 e. The second-order valence-corrected chi connectivity index (χ2v) is 4.04. The number of nitrogens with zero attached hydrogens (tertiary/aromatic N) is 1. The van der Waals surface area contributed by atoms with Crippen molar-refractivity contribution in [1.29, 1.82) is 0 Å². The van der Waals surface area contributed by atoms with E-state index in [1.165, 1.54) is 4.90 Å². The number of aliphatic carboxylic acids is 1. The van der Waals surface area contributed by atoms with E-state index in [0.717, 1.165) is 0 Å². The first-order valence-electron chi connectivity index (χ1n) is 5.16. The molecule has 0 aliphatic carbocycles. The molecule has 16 heavy (non-hydrogen) atoms. The lowest BCUT2D eigenvalue weighted by molar-refractivity contribution is -0.155. The fraction of sp³-hybridized carbons (Fsp3) is 0.636. The van der Waals surface area contributed by atoms with Crippen molar-refractivity contribution in [3.05, 3.63) is 12.2 Å². The minimum atomic E-state index is -1.36. The summed E-state index contributed by atoms with van der Waals surface area (Å²) in [7, 11) is 3.25. The van der Waals surface area contributed by atoms with Crippen molar-refractivity contribution in [2.45, 2.75) is 32.4 Å². The van der Waals surface area contributed by atoms with Crippen LogP contribution in [0.5, 0.6) is 0 Å². The quantitative estimate of drug-likeness (QED) is 0.521. The van der Waals surface area contributed by atoms with Gasteiger partial charge >= 0.3 is 5.97 Å².